The maximum absolute atomic E-state index is 12.3. The molecular weight excluding hydrogens is 212 g/mol. The van der Waals surface area contributed by atoms with Crippen LogP contribution in [0.1, 0.15) is 26.3 Å². The highest BCUT2D eigenvalue weighted by Crippen LogP contribution is 2.18. The summed E-state index contributed by atoms with van der Waals surface area (Å²) in [6.07, 6.45) is 0. The van der Waals surface area contributed by atoms with Gasteiger partial charge in [-0.05, 0) is 26.3 Å². The van der Waals surface area contributed by atoms with Crippen molar-refractivity contribution in [3.05, 3.63) is 35.9 Å². The van der Waals surface area contributed by atoms with Crippen molar-refractivity contribution in [2.45, 2.75) is 27.3 Å². The number of carbonyl (C=O) groups excluding carboxylic acids is 1. The predicted molar refractivity (Wildman–Crippen MR) is 70.4 cm³/mol. The first-order valence-corrected chi connectivity index (χ1v) is 6.04. The van der Waals surface area contributed by atoms with Crippen molar-refractivity contribution >= 4 is 5.91 Å². The normalized spacial score (nSPS) is 11.3. The lowest BCUT2D eigenvalue weighted by molar-refractivity contribution is -0.140. The molecule has 1 aromatic carbocycles. The summed E-state index contributed by atoms with van der Waals surface area (Å²) >= 11 is 0. The van der Waals surface area contributed by atoms with Gasteiger partial charge in [0.15, 0.2) is 0 Å². The van der Waals surface area contributed by atoms with Crippen LogP contribution in [0.3, 0.4) is 0 Å². The first kappa shape index (κ1) is 13.7. The average molecular weight is 234 g/mol. The zero-order chi connectivity index (χ0) is 12.9. The van der Waals surface area contributed by atoms with Gasteiger partial charge in [-0.1, -0.05) is 30.3 Å². The molecule has 0 fully saturated rings. The number of hydrogen-bond donors (Lipinski definition) is 1. The van der Waals surface area contributed by atoms with Gasteiger partial charge < -0.3 is 10.6 Å². The predicted octanol–water partition coefficient (Wildman–Crippen LogP) is 2.02. The summed E-state index contributed by atoms with van der Waals surface area (Å²) in [4.78, 5) is 14.1. The third-order valence-corrected chi connectivity index (χ3v) is 2.97. The lowest BCUT2D eigenvalue weighted by Gasteiger charge is -2.30. The summed E-state index contributed by atoms with van der Waals surface area (Å²) in [7, 11) is 0. The molecule has 0 saturated carbocycles. The largest absolute Gasteiger partial charge is 0.338 e. The average Bonchev–Trinajstić information content (AvgIpc) is 2.36. The van der Waals surface area contributed by atoms with Gasteiger partial charge in [0, 0.05) is 19.6 Å². The Kier molecular flexibility index (Phi) is 4.70. The molecule has 17 heavy (non-hydrogen) atoms. The molecule has 3 nitrogen and oxygen atoms in total. The molecule has 3 heteroatoms. The molecule has 0 aliphatic carbocycles. The molecule has 94 valence electrons. The van der Waals surface area contributed by atoms with Crippen LogP contribution in [-0.4, -0.2) is 23.9 Å². The first-order chi connectivity index (χ1) is 8.01. The lowest BCUT2D eigenvalue weighted by Crippen LogP contribution is -2.44. The van der Waals surface area contributed by atoms with Crippen LogP contribution in [0.15, 0.2) is 30.3 Å². The van der Waals surface area contributed by atoms with E-state index in [-0.39, 0.29) is 5.91 Å². The number of carbonyl (C=O) groups is 1. The smallest absolute Gasteiger partial charge is 0.229 e. The van der Waals surface area contributed by atoms with Gasteiger partial charge in [-0.3, -0.25) is 4.79 Å². The Morgan fingerprint density at radius 1 is 1.29 bits per heavy atom. The zero-order valence-corrected chi connectivity index (χ0v) is 10.9. The number of nitrogens with zero attached hydrogens (tertiary/aromatic N) is 1. The second-order valence-corrected chi connectivity index (χ2v) is 4.89. The Morgan fingerprint density at radius 3 is 2.35 bits per heavy atom. The second-order valence-electron chi connectivity index (χ2n) is 4.89. The van der Waals surface area contributed by atoms with Crippen LogP contribution >= 0.6 is 0 Å². The molecule has 0 unspecified atom stereocenters. The molecule has 0 atom stereocenters. The third-order valence-electron chi connectivity index (χ3n) is 2.97. The van der Waals surface area contributed by atoms with Gasteiger partial charge in [-0.2, -0.15) is 0 Å². The van der Waals surface area contributed by atoms with Crippen LogP contribution in [-0.2, 0) is 11.3 Å². The second kappa shape index (κ2) is 5.82. The van der Waals surface area contributed by atoms with Crippen molar-refractivity contribution < 1.29 is 4.79 Å². The maximum atomic E-state index is 12.3. The van der Waals surface area contributed by atoms with Crippen molar-refractivity contribution in [1.29, 1.82) is 0 Å². The third kappa shape index (κ3) is 3.56. The van der Waals surface area contributed by atoms with E-state index >= 15 is 0 Å². The van der Waals surface area contributed by atoms with E-state index in [1.54, 1.807) is 0 Å². The quantitative estimate of drug-likeness (QED) is 0.847. The van der Waals surface area contributed by atoms with Crippen LogP contribution in [0.5, 0.6) is 0 Å². The Hall–Kier alpha value is -1.35. The maximum Gasteiger partial charge on any atom is 0.229 e. The van der Waals surface area contributed by atoms with Crippen molar-refractivity contribution in [1.82, 2.24) is 4.90 Å². The number of nitrogens with two attached hydrogens (primary N) is 1. The van der Waals surface area contributed by atoms with Crippen molar-refractivity contribution in [3.63, 3.8) is 0 Å². The summed E-state index contributed by atoms with van der Waals surface area (Å²) in [6.45, 7) is 7.51. The number of benzene rings is 1. The van der Waals surface area contributed by atoms with E-state index in [1.165, 1.54) is 0 Å². The van der Waals surface area contributed by atoms with Crippen molar-refractivity contribution in [2.75, 3.05) is 13.1 Å². The molecule has 0 aromatic heterocycles. The highest BCUT2D eigenvalue weighted by Gasteiger charge is 2.29. The van der Waals surface area contributed by atoms with E-state index in [0.29, 0.717) is 19.6 Å². The molecule has 0 heterocycles. The molecule has 1 rings (SSSR count). The minimum absolute atomic E-state index is 0.117. The zero-order valence-electron chi connectivity index (χ0n) is 10.9. The molecule has 0 bridgehead atoms. The van der Waals surface area contributed by atoms with Crippen molar-refractivity contribution in [3.8, 4) is 0 Å². The van der Waals surface area contributed by atoms with Gasteiger partial charge in [0.05, 0.1) is 5.41 Å². The molecule has 1 aromatic rings. The van der Waals surface area contributed by atoms with E-state index < -0.39 is 5.41 Å². The fourth-order valence-corrected chi connectivity index (χ4v) is 1.65. The summed E-state index contributed by atoms with van der Waals surface area (Å²) in [5.41, 5.74) is 6.31. The molecular formula is C14H22N2O. The van der Waals surface area contributed by atoms with Crippen LogP contribution in [0.4, 0.5) is 0 Å². The van der Waals surface area contributed by atoms with Gasteiger partial charge in [-0.15, -0.1) is 0 Å². The van der Waals surface area contributed by atoms with E-state index in [2.05, 4.69) is 0 Å². The monoisotopic (exact) mass is 234 g/mol. The highest BCUT2D eigenvalue weighted by atomic mass is 16.2. The molecule has 0 radical (unpaired) electrons. The first-order valence-electron chi connectivity index (χ1n) is 6.04. The fraction of sp³-hybridized carbons (Fsp3) is 0.500. The summed E-state index contributed by atoms with van der Waals surface area (Å²) in [6, 6.07) is 10.0. The molecule has 0 aliphatic rings. The SMILES string of the molecule is CCN(Cc1ccccc1)C(=O)C(C)(C)CN. The van der Waals surface area contributed by atoms with Crippen LogP contribution in [0, 0.1) is 5.41 Å². The highest BCUT2D eigenvalue weighted by molar-refractivity contribution is 5.82. The van der Waals surface area contributed by atoms with Gasteiger partial charge in [0.25, 0.3) is 0 Å². The Balaban J connectivity index is 2.76. The number of rotatable bonds is 5. The molecule has 0 spiro atoms. The molecule has 0 saturated heterocycles. The van der Waals surface area contributed by atoms with Gasteiger partial charge >= 0.3 is 0 Å². The number of hydrogen-bond acceptors (Lipinski definition) is 2. The van der Waals surface area contributed by atoms with E-state index in [9.17, 15) is 4.79 Å². The van der Waals surface area contributed by atoms with Crippen LogP contribution in [0.2, 0.25) is 0 Å². The molecule has 2 N–H and O–H groups in total. The standard InChI is InChI=1S/C14H22N2O/c1-4-16(13(17)14(2,3)11-15)10-12-8-6-5-7-9-12/h5-9H,4,10-11,15H2,1-3H3. The topological polar surface area (TPSA) is 46.3 Å². The van der Waals surface area contributed by atoms with E-state index in [4.69, 9.17) is 5.73 Å². The minimum Gasteiger partial charge on any atom is -0.338 e. The van der Waals surface area contributed by atoms with E-state index in [1.807, 2.05) is 56.0 Å². The van der Waals surface area contributed by atoms with Gasteiger partial charge in [-0.25, -0.2) is 0 Å². The van der Waals surface area contributed by atoms with Crippen molar-refractivity contribution in [2.24, 2.45) is 11.1 Å². The Labute approximate surface area is 104 Å². The van der Waals surface area contributed by atoms with Gasteiger partial charge in [0.2, 0.25) is 5.91 Å². The Morgan fingerprint density at radius 2 is 1.88 bits per heavy atom. The minimum atomic E-state index is -0.481. The molecule has 0 aliphatic heterocycles. The van der Waals surface area contributed by atoms with Gasteiger partial charge in [0.1, 0.15) is 0 Å². The summed E-state index contributed by atoms with van der Waals surface area (Å²) < 4.78 is 0. The lowest BCUT2D eigenvalue weighted by atomic mass is 9.91. The van der Waals surface area contributed by atoms with E-state index in [0.717, 1.165) is 5.56 Å². The summed E-state index contributed by atoms with van der Waals surface area (Å²) in [5, 5.41) is 0. The summed E-state index contributed by atoms with van der Waals surface area (Å²) in [5.74, 6) is 0.117. The number of amides is 1. The Bertz CT molecular complexity index is 360. The van der Waals surface area contributed by atoms with Crippen LogP contribution < -0.4 is 5.73 Å². The van der Waals surface area contributed by atoms with Crippen LogP contribution in [0.25, 0.3) is 0 Å². The molecule has 1 amide bonds. The fourth-order valence-electron chi connectivity index (χ4n) is 1.65.